The van der Waals surface area contributed by atoms with E-state index in [0.717, 1.165) is 22.2 Å². The van der Waals surface area contributed by atoms with Crippen LogP contribution >= 0.6 is 0 Å². The Hall–Kier alpha value is -4.19. The molecule has 0 saturated carbocycles. The second-order valence-electron chi connectivity index (χ2n) is 6.90. The lowest BCUT2D eigenvalue weighted by Crippen LogP contribution is -2.20. The summed E-state index contributed by atoms with van der Waals surface area (Å²) in [5, 5.41) is 5.47. The number of pyridine rings is 1. The van der Waals surface area contributed by atoms with Gasteiger partial charge >= 0.3 is 0 Å². The molecule has 0 aliphatic rings. The van der Waals surface area contributed by atoms with Gasteiger partial charge in [-0.3, -0.25) is 5.43 Å². The molecule has 0 saturated heterocycles. The van der Waals surface area contributed by atoms with Gasteiger partial charge in [-0.05, 0) is 55.0 Å². The smallest absolute Gasteiger partial charge is 0.173 e. The van der Waals surface area contributed by atoms with Crippen LogP contribution in [0.4, 0.5) is 5.69 Å². The van der Waals surface area contributed by atoms with Gasteiger partial charge in [-0.15, -0.1) is 0 Å². The summed E-state index contributed by atoms with van der Waals surface area (Å²) in [4.78, 5) is 9.48. The highest BCUT2D eigenvalue weighted by molar-refractivity contribution is 6.00. The van der Waals surface area contributed by atoms with Gasteiger partial charge in [-0.2, -0.15) is 5.10 Å². The SMILES string of the molecule is CCOc1ccc(C=NNC(=Nc2ccccc2)c2ccc3ccccc3n2)cc1OC. The average molecular weight is 425 g/mol. The van der Waals surface area contributed by atoms with Crippen molar-refractivity contribution in [2.45, 2.75) is 6.92 Å². The second kappa shape index (κ2) is 10.2. The van der Waals surface area contributed by atoms with Gasteiger partial charge in [0.1, 0.15) is 5.69 Å². The van der Waals surface area contributed by atoms with E-state index in [2.05, 4.69) is 10.5 Å². The number of hydrogen-bond donors (Lipinski definition) is 1. The number of aromatic nitrogens is 1. The quantitative estimate of drug-likeness (QED) is 0.247. The number of nitrogens with zero attached hydrogens (tertiary/aromatic N) is 3. The van der Waals surface area contributed by atoms with Crippen LogP contribution in [-0.2, 0) is 0 Å². The Labute approximate surface area is 187 Å². The molecule has 6 heteroatoms. The number of methoxy groups -OCH3 is 1. The number of rotatable bonds is 7. The van der Waals surface area contributed by atoms with E-state index in [0.29, 0.717) is 29.6 Å². The molecule has 0 fully saturated rings. The zero-order chi connectivity index (χ0) is 22.2. The third-order valence-electron chi connectivity index (χ3n) is 4.71. The molecule has 160 valence electrons. The number of fused-ring (bicyclic) bond motifs is 1. The van der Waals surface area contributed by atoms with Crippen molar-refractivity contribution in [3.8, 4) is 11.5 Å². The van der Waals surface area contributed by atoms with Crippen LogP contribution < -0.4 is 14.9 Å². The van der Waals surface area contributed by atoms with Gasteiger partial charge in [-0.1, -0.05) is 42.5 Å². The highest BCUT2D eigenvalue weighted by Gasteiger charge is 2.07. The van der Waals surface area contributed by atoms with Crippen molar-refractivity contribution >= 4 is 28.6 Å². The Bertz CT molecular complexity index is 1250. The van der Waals surface area contributed by atoms with Gasteiger partial charge < -0.3 is 9.47 Å². The maximum Gasteiger partial charge on any atom is 0.173 e. The van der Waals surface area contributed by atoms with Gasteiger partial charge in [0.05, 0.1) is 31.1 Å². The van der Waals surface area contributed by atoms with Crippen LogP contribution in [0.5, 0.6) is 11.5 Å². The minimum atomic E-state index is 0.552. The first-order valence-corrected chi connectivity index (χ1v) is 10.4. The first-order chi connectivity index (χ1) is 15.8. The normalized spacial score (nSPS) is 11.6. The molecule has 32 heavy (non-hydrogen) atoms. The second-order valence-corrected chi connectivity index (χ2v) is 6.90. The van der Waals surface area contributed by atoms with Crippen molar-refractivity contribution in [2.75, 3.05) is 13.7 Å². The van der Waals surface area contributed by atoms with Crippen LogP contribution in [0.3, 0.4) is 0 Å². The lowest BCUT2D eigenvalue weighted by molar-refractivity contribution is 0.311. The summed E-state index contributed by atoms with van der Waals surface area (Å²) in [7, 11) is 1.62. The fourth-order valence-corrected chi connectivity index (χ4v) is 3.18. The number of hydrogen-bond acceptors (Lipinski definition) is 5. The van der Waals surface area contributed by atoms with Crippen molar-refractivity contribution in [3.05, 3.63) is 96.2 Å². The fraction of sp³-hybridized carbons (Fsp3) is 0.115. The molecule has 3 aromatic carbocycles. The van der Waals surface area contributed by atoms with Crippen LogP contribution in [0.15, 0.2) is 95.0 Å². The summed E-state index contributed by atoms with van der Waals surface area (Å²) in [6, 6.07) is 27.3. The van der Waals surface area contributed by atoms with Crippen LogP contribution in [0.25, 0.3) is 10.9 Å². The first-order valence-electron chi connectivity index (χ1n) is 10.4. The third kappa shape index (κ3) is 5.10. The minimum Gasteiger partial charge on any atom is -0.493 e. The zero-order valence-corrected chi connectivity index (χ0v) is 18.0. The summed E-state index contributed by atoms with van der Waals surface area (Å²) < 4.78 is 11.0. The highest BCUT2D eigenvalue weighted by Crippen LogP contribution is 2.27. The van der Waals surface area contributed by atoms with E-state index < -0.39 is 0 Å². The molecule has 6 nitrogen and oxygen atoms in total. The molecule has 1 aromatic heterocycles. The van der Waals surface area contributed by atoms with Crippen LogP contribution in [0.1, 0.15) is 18.2 Å². The molecule has 0 atom stereocenters. The van der Waals surface area contributed by atoms with E-state index in [1.54, 1.807) is 13.3 Å². The number of amidine groups is 1. The van der Waals surface area contributed by atoms with Crippen molar-refractivity contribution in [3.63, 3.8) is 0 Å². The molecule has 4 rings (SSSR count). The van der Waals surface area contributed by atoms with Gasteiger partial charge in [0.25, 0.3) is 0 Å². The number of nitrogens with one attached hydrogen (secondary N) is 1. The Kier molecular flexibility index (Phi) is 6.72. The number of hydrazone groups is 1. The highest BCUT2D eigenvalue weighted by atomic mass is 16.5. The van der Waals surface area contributed by atoms with Crippen molar-refractivity contribution in [2.24, 2.45) is 10.1 Å². The summed E-state index contributed by atoms with van der Waals surface area (Å²) in [5.74, 6) is 1.91. The van der Waals surface area contributed by atoms with Crippen LogP contribution in [0.2, 0.25) is 0 Å². The number of ether oxygens (including phenoxy) is 2. The zero-order valence-electron chi connectivity index (χ0n) is 18.0. The number of aliphatic imine (C=N–C) groups is 1. The van der Waals surface area contributed by atoms with Gasteiger partial charge in [0, 0.05) is 5.39 Å². The predicted molar refractivity (Wildman–Crippen MR) is 129 cm³/mol. The van der Waals surface area contributed by atoms with E-state index in [-0.39, 0.29) is 0 Å². The molecule has 0 aliphatic heterocycles. The van der Waals surface area contributed by atoms with E-state index in [4.69, 9.17) is 19.5 Å². The van der Waals surface area contributed by atoms with Gasteiger partial charge in [-0.25, -0.2) is 9.98 Å². The van der Waals surface area contributed by atoms with Crippen LogP contribution in [0, 0.1) is 0 Å². The largest absolute Gasteiger partial charge is 0.493 e. The topological polar surface area (TPSA) is 68.1 Å². The molecule has 0 radical (unpaired) electrons. The average Bonchev–Trinajstić information content (AvgIpc) is 2.84. The summed E-state index contributed by atoms with van der Waals surface area (Å²) in [6.07, 6.45) is 1.71. The maximum absolute atomic E-state index is 5.57. The predicted octanol–water partition coefficient (Wildman–Crippen LogP) is 5.34. The Morgan fingerprint density at radius 1 is 0.938 bits per heavy atom. The number of benzene rings is 3. The van der Waals surface area contributed by atoms with Gasteiger partial charge in [0.2, 0.25) is 0 Å². The summed E-state index contributed by atoms with van der Waals surface area (Å²) in [5.41, 5.74) is 6.33. The fourth-order valence-electron chi connectivity index (χ4n) is 3.18. The molecule has 0 bridgehead atoms. The van der Waals surface area contributed by atoms with E-state index >= 15 is 0 Å². The monoisotopic (exact) mass is 424 g/mol. The number of para-hydroxylation sites is 2. The molecular formula is C26H24N4O2. The lowest BCUT2D eigenvalue weighted by atomic mass is 10.2. The Balaban J connectivity index is 1.63. The Morgan fingerprint density at radius 3 is 2.56 bits per heavy atom. The standard InChI is InChI=1S/C26H24N4O2/c1-3-32-24-16-13-19(17-25(24)31-2)18-27-30-26(28-21-10-5-4-6-11-21)23-15-14-20-9-7-8-12-22(20)29-23/h4-18H,3H2,1-2H3,(H,28,30). The molecule has 0 spiro atoms. The molecule has 0 amide bonds. The third-order valence-corrected chi connectivity index (χ3v) is 4.71. The lowest BCUT2D eigenvalue weighted by Gasteiger charge is -2.09. The molecular weight excluding hydrogens is 400 g/mol. The summed E-state index contributed by atoms with van der Waals surface area (Å²) in [6.45, 7) is 2.51. The van der Waals surface area contributed by atoms with E-state index in [1.165, 1.54) is 0 Å². The molecule has 0 aliphatic carbocycles. The minimum absolute atomic E-state index is 0.552. The van der Waals surface area contributed by atoms with Crippen molar-refractivity contribution < 1.29 is 9.47 Å². The molecule has 1 heterocycles. The van der Waals surface area contributed by atoms with Crippen LogP contribution in [-0.4, -0.2) is 30.8 Å². The molecule has 4 aromatic rings. The first kappa shape index (κ1) is 21.1. The summed E-state index contributed by atoms with van der Waals surface area (Å²) >= 11 is 0. The van der Waals surface area contributed by atoms with Gasteiger partial charge in [0.15, 0.2) is 17.3 Å². The van der Waals surface area contributed by atoms with E-state index in [1.807, 2.05) is 91.9 Å². The van der Waals surface area contributed by atoms with Crippen molar-refractivity contribution in [1.82, 2.24) is 10.4 Å². The van der Waals surface area contributed by atoms with Crippen molar-refractivity contribution in [1.29, 1.82) is 0 Å². The van der Waals surface area contributed by atoms with E-state index in [9.17, 15) is 0 Å². The molecule has 0 unspecified atom stereocenters. The maximum atomic E-state index is 5.57. The molecule has 1 N–H and O–H groups in total. The Morgan fingerprint density at radius 2 is 1.75 bits per heavy atom.